The van der Waals surface area contributed by atoms with Crippen molar-refractivity contribution in [1.82, 2.24) is 0 Å². The Hall–Kier alpha value is -0.720. The van der Waals surface area contributed by atoms with Gasteiger partial charge in [-0.05, 0) is 26.2 Å². The van der Waals surface area contributed by atoms with Crippen LogP contribution >= 0.6 is 0 Å². The maximum Gasteiger partial charge on any atom is 0.141 e. The second kappa shape index (κ2) is 6.69. The lowest BCUT2D eigenvalue weighted by atomic mass is 9.96. The third-order valence-electron chi connectivity index (χ3n) is 2.55. The molecule has 2 heteroatoms. The summed E-state index contributed by atoms with van der Waals surface area (Å²) >= 11 is 0. The SMILES string of the molecule is C=C=C(OCC)C1CCCCOCC1. The molecule has 0 aromatic rings. The average molecular weight is 196 g/mol. The Morgan fingerprint density at radius 1 is 1.43 bits per heavy atom. The number of allylic oxidation sites excluding steroid dienone is 1. The molecule has 1 atom stereocenters. The highest BCUT2D eigenvalue weighted by molar-refractivity contribution is 4.96. The molecule has 0 aromatic carbocycles. The van der Waals surface area contributed by atoms with Crippen LogP contribution < -0.4 is 0 Å². The zero-order chi connectivity index (χ0) is 10.2. The normalized spacial score (nSPS) is 23.1. The molecule has 1 aliphatic heterocycles. The van der Waals surface area contributed by atoms with E-state index in [2.05, 4.69) is 12.3 Å². The lowest BCUT2D eigenvalue weighted by molar-refractivity contribution is 0.0891. The highest BCUT2D eigenvalue weighted by Crippen LogP contribution is 2.23. The van der Waals surface area contributed by atoms with Crippen LogP contribution in [0.25, 0.3) is 0 Å². The van der Waals surface area contributed by atoms with E-state index in [1.54, 1.807) is 0 Å². The summed E-state index contributed by atoms with van der Waals surface area (Å²) in [7, 11) is 0. The third kappa shape index (κ3) is 3.57. The van der Waals surface area contributed by atoms with Gasteiger partial charge in [0.25, 0.3) is 0 Å². The molecule has 1 aliphatic rings. The van der Waals surface area contributed by atoms with E-state index in [1.807, 2.05) is 6.92 Å². The molecule has 0 aromatic heterocycles. The van der Waals surface area contributed by atoms with Gasteiger partial charge in [0.15, 0.2) is 0 Å². The van der Waals surface area contributed by atoms with Crippen LogP contribution in [0.5, 0.6) is 0 Å². The quantitative estimate of drug-likeness (QED) is 0.510. The number of hydrogen-bond donors (Lipinski definition) is 0. The fourth-order valence-corrected chi connectivity index (χ4v) is 1.80. The molecule has 0 aliphatic carbocycles. The molecule has 0 radical (unpaired) electrons. The molecule has 0 bridgehead atoms. The monoisotopic (exact) mass is 196 g/mol. The molecule has 0 spiro atoms. The molecular formula is C12H20O2. The van der Waals surface area contributed by atoms with Crippen LogP contribution in [0.3, 0.4) is 0 Å². The van der Waals surface area contributed by atoms with Gasteiger partial charge in [-0.1, -0.05) is 18.7 Å². The molecular weight excluding hydrogens is 176 g/mol. The van der Waals surface area contributed by atoms with Crippen molar-refractivity contribution < 1.29 is 9.47 Å². The molecule has 0 saturated carbocycles. The Kier molecular flexibility index (Phi) is 5.43. The zero-order valence-electron chi connectivity index (χ0n) is 9.05. The lowest BCUT2D eigenvalue weighted by Gasteiger charge is -2.21. The van der Waals surface area contributed by atoms with Gasteiger partial charge in [-0.2, -0.15) is 0 Å². The molecule has 80 valence electrons. The number of rotatable bonds is 3. The first kappa shape index (κ1) is 11.4. The Balaban J connectivity index is 2.49. The van der Waals surface area contributed by atoms with Gasteiger partial charge in [0.2, 0.25) is 0 Å². The van der Waals surface area contributed by atoms with Crippen molar-refractivity contribution in [3.8, 4) is 0 Å². The van der Waals surface area contributed by atoms with Crippen molar-refractivity contribution in [3.63, 3.8) is 0 Å². The molecule has 0 amide bonds. The minimum Gasteiger partial charge on any atom is -0.490 e. The molecule has 1 rings (SSSR count). The Bertz CT molecular complexity index is 196. The van der Waals surface area contributed by atoms with Crippen LogP contribution in [-0.2, 0) is 9.47 Å². The minimum atomic E-state index is 0.466. The predicted octanol–water partition coefficient (Wildman–Crippen LogP) is 2.90. The van der Waals surface area contributed by atoms with E-state index in [0.717, 1.165) is 31.8 Å². The van der Waals surface area contributed by atoms with Crippen LogP contribution in [0.4, 0.5) is 0 Å². The summed E-state index contributed by atoms with van der Waals surface area (Å²) in [5, 5.41) is 0. The summed E-state index contributed by atoms with van der Waals surface area (Å²) in [4.78, 5) is 0. The maximum absolute atomic E-state index is 5.51. The fraction of sp³-hybridized carbons (Fsp3) is 0.750. The van der Waals surface area contributed by atoms with Crippen LogP contribution in [0.15, 0.2) is 18.1 Å². The fourth-order valence-electron chi connectivity index (χ4n) is 1.80. The van der Waals surface area contributed by atoms with E-state index < -0.39 is 0 Å². The van der Waals surface area contributed by atoms with Crippen molar-refractivity contribution in [2.75, 3.05) is 19.8 Å². The number of hydrogen-bond acceptors (Lipinski definition) is 2. The lowest BCUT2D eigenvalue weighted by Crippen LogP contribution is -2.14. The van der Waals surface area contributed by atoms with E-state index in [4.69, 9.17) is 9.47 Å². The van der Waals surface area contributed by atoms with Gasteiger partial charge in [0, 0.05) is 19.1 Å². The van der Waals surface area contributed by atoms with Gasteiger partial charge >= 0.3 is 0 Å². The summed E-state index contributed by atoms with van der Waals surface area (Å²) in [5.41, 5.74) is 2.91. The van der Waals surface area contributed by atoms with Crippen molar-refractivity contribution in [3.05, 3.63) is 18.1 Å². The van der Waals surface area contributed by atoms with Crippen LogP contribution in [-0.4, -0.2) is 19.8 Å². The topological polar surface area (TPSA) is 18.5 Å². The van der Waals surface area contributed by atoms with Gasteiger partial charge < -0.3 is 9.47 Å². The molecule has 14 heavy (non-hydrogen) atoms. The predicted molar refractivity (Wildman–Crippen MR) is 57.1 cm³/mol. The van der Waals surface area contributed by atoms with Gasteiger partial charge in [0.05, 0.1) is 6.61 Å². The minimum absolute atomic E-state index is 0.466. The molecule has 1 fully saturated rings. The summed E-state index contributed by atoms with van der Waals surface area (Å²) < 4.78 is 11.0. The van der Waals surface area contributed by atoms with Gasteiger partial charge in [-0.3, -0.25) is 0 Å². The molecule has 2 nitrogen and oxygen atoms in total. The summed E-state index contributed by atoms with van der Waals surface area (Å²) in [6.45, 7) is 8.13. The Labute approximate surface area is 86.6 Å². The van der Waals surface area contributed by atoms with Crippen LogP contribution in [0.1, 0.15) is 32.6 Å². The first-order valence-electron chi connectivity index (χ1n) is 5.49. The first-order valence-corrected chi connectivity index (χ1v) is 5.49. The molecule has 1 heterocycles. The average Bonchev–Trinajstić information content (AvgIpc) is 2.15. The van der Waals surface area contributed by atoms with Crippen molar-refractivity contribution >= 4 is 0 Å². The molecule has 0 N–H and O–H groups in total. The zero-order valence-corrected chi connectivity index (χ0v) is 9.05. The summed E-state index contributed by atoms with van der Waals surface area (Å²) in [6, 6.07) is 0. The van der Waals surface area contributed by atoms with Gasteiger partial charge in [0.1, 0.15) is 5.76 Å². The molecule has 1 unspecified atom stereocenters. The smallest absolute Gasteiger partial charge is 0.141 e. The number of ether oxygens (including phenoxy) is 2. The summed E-state index contributed by atoms with van der Waals surface area (Å²) in [5.74, 6) is 1.39. The third-order valence-corrected chi connectivity index (χ3v) is 2.55. The largest absolute Gasteiger partial charge is 0.490 e. The summed E-state index contributed by atoms with van der Waals surface area (Å²) in [6.07, 6.45) is 4.59. The van der Waals surface area contributed by atoms with E-state index in [-0.39, 0.29) is 0 Å². The highest BCUT2D eigenvalue weighted by atomic mass is 16.5. The Morgan fingerprint density at radius 3 is 3.00 bits per heavy atom. The van der Waals surface area contributed by atoms with Crippen molar-refractivity contribution in [2.24, 2.45) is 5.92 Å². The van der Waals surface area contributed by atoms with Crippen molar-refractivity contribution in [1.29, 1.82) is 0 Å². The van der Waals surface area contributed by atoms with Crippen LogP contribution in [0.2, 0.25) is 0 Å². The molecule has 1 saturated heterocycles. The maximum atomic E-state index is 5.51. The van der Waals surface area contributed by atoms with Gasteiger partial charge in [-0.25, -0.2) is 0 Å². The second-order valence-corrected chi connectivity index (χ2v) is 3.57. The first-order chi connectivity index (χ1) is 6.88. The van der Waals surface area contributed by atoms with E-state index in [1.165, 1.54) is 12.8 Å². The Morgan fingerprint density at radius 2 is 2.29 bits per heavy atom. The van der Waals surface area contributed by atoms with Crippen molar-refractivity contribution in [2.45, 2.75) is 32.6 Å². The second-order valence-electron chi connectivity index (χ2n) is 3.57. The van der Waals surface area contributed by atoms with Gasteiger partial charge in [-0.15, -0.1) is 0 Å². The van der Waals surface area contributed by atoms with E-state index in [0.29, 0.717) is 12.5 Å². The van der Waals surface area contributed by atoms with Crippen LogP contribution in [0, 0.1) is 5.92 Å². The highest BCUT2D eigenvalue weighted by Gasteiger charge is 2.16. The van der Waals surface area contributed by atoms with E-state index in [9.17, 15) is 0 Å². The standard InChI is InChI=1S/C12H20O2/c1-3-12(14-4-2)11-7-5-6-9-13-10-8-11/h11H,1,4-10H2,2H3. The van der Waals surface area contributed by atoms with E-state index >= 15 is 0 Å².